The lowest BCUT2D eigenvalue weighted by atomic mass is 10.2. The zero-order chi connectivity index (χ0) is 19.1. The van der Waals surface area contributed by atoms with Gasteiger partial charge in [0.1, 0.15) is 17.7 Å². The Morgan fingerprint density at radius 3 is 2.81 bits per heavy atom. The molecule has 3 rings (SSSR count). The minimum Gasteiger partial charge on any atom is -0.467 e. The average molecular weight is 367 g/mol. The van der Waals surface area contributed by atoms with Crippen molar-refractivity contribution < 1.29 is 9.52 Å². The summed E-state index contributed by atoms with van der Waals surface area (Å²) >= 11 is 0. The smallest absolute Gasteiger partial charge is 0.194 e. The van der Waals surface area contributed by atoms with Gasteiger partial charge in [-0.25, -0.2) is 9.98 Å². The molecule has 0 fully saturated rings. The Morgan fingerprint density at radius 2 is 2.11 bits per heavy atom. The highest BCUT2D eigenvalue weighted by Crippen LogP contribution is 2.17. The molecule has 7 nitrogen and oxygen atoms in total. The summed E-state index contributed by atoms with van der Waals surface area (Å²) in [6.07, 6.45) is 2.61. The van der Waals surface area contributed by atoms with Gasteiger partial charge in [0.05, 0.1) is 31.2 Å². The number of nitrogens with one attached hydrogen (secondary N) is 2. The average Bonchev–Trinajstić information content (AvgIpc) is 3.37. The number of nitrogens with zero attached hydrogens (tertiary/aromatic N) is 3. The number of hydrogen-bond donors (Lipinski definition) is 3. The third-order valence-electron chi connectivity index (χ3n) is 4.08. The Balaban J connectivity index is 1.65. The molecule has 0 spiro atoms. The molecule has 142 valence electrons. The van der Waals surface area contributed by atoms with Crippen molar-refractivity contribution in [1.29, 1.82) is 0 Å². The molecule has 3 N–H and O–H groups in total. The van der Waals surface area contributed by atoms with Crippen LogP contribution >= 0.6 is 0 Å². The Morgan fingerprint density at radius 1 is 1.30 bits per heavy atom. The number of hydrogen-bond acceptors (Lipinski definition) is 4. The molecular weight excluding hydrogens is 342 g/mol. The van der Waals surface area contributed by atoms with Crippen LogP contribution in [0, 0.1) is 0 Å². The number of guanidine groups is 1. The summed E-state index contributed by atoms with van der Waals surface area (Å²) in [5.74, 6) is 2.05. The molecule has 1 atom stereocenters. The van der Waals surface area contributed by atoms with Crippen molar-refractivity contribution in [2.24, 2.45) is 4.99 Å². The van der Waals surface area contributed by atoms with Gasteiger partial charge in [-0.2, -0.15) is 0 Å². The molecule has 0 aliphatic rings. The van der Waals surface area contributed by atoms with Crippen LogP contribution in [0.1, 0.15) is 24.6 Å². The van der Waals surface area contributed by atoms with Crippen LogP contribution < -0.4 is 5.32 Å². The van der Waals surface area contributed by atoms with Crippen molar-refractivity contribution in [1.82, 2.24) is 20.2 Å². The normalized spacial score (nSPS) is 12.8. The van der Waals surface area contributed by atoms with E-state index in [1.807, 2.05) is 55.4 Å². The number of aromatic nitrogens is 2. The minimum atomic E-state index is -0.768. The van der Waals surface area contributed by atoms with Gasteiger partial charge in [0.25, 0.3) is 0 Å². The molecule has 3 aromatic rings. The maximum atomic E-state index is 10.2. The van der Waals surface area contributed by atoms with Gasteiger partial charge in [-0.3, -0.25) is 0 Å². The second-order valence-corrected chi connectivity index (χ2v) is 6.19. The molecule has 0 bridgehead atoms. The highest BCUT2D eigenvalue weighted by molar-refractivity contribution is 5.79. The van der Waals surface area contributed by atoms with Crippen molar-refractivity contribution in [3.63, 3.8) is 0 Å². The van der Waals surface area contributed by atoms with Gasteiger partial charge in [-0.1, -0.05) is 30.3 Å². The topological polar surface area (TPSA) is 89.7 Å². The fraction of sp³-hybridized carbons (Fsp3) is 0.300. The molecule has 0 aliphatic heterocycles. The molecule has 2 heterocycles. The predicted octanol–water partition coefficient (Wildman–Crippen LogP) is 2.80. The predicted molar refractivity (Wildman–Crippen MR) is 105 cm³/mol. The fourth-order valence-electron chi connectivity index (χ4n) is 2.72. The number of imidazole rings is 1. The number of H-pyrrole nitrogens is 1. The van der Waals surface area contributed by atoms with E-state index in [-0.39, 0.29) is 6.54 Å². The number of furan rings is 1. The van der Waals surface area contributed by atoms with Crippen molar-refractivity contribution in [3.05, 3.63) is 66.5 Å². The maximum Gasteiger partial charge on any atom is 0.194 e. The van der Waals surface area contributed by atoms with Crippen LogP contribution in [0.2, 0.25) is 0 Å². The number of aliphatic hydroxyl groups is 1. The Labute approximate surface area is 158 Å². The number of aromatic amines is 1. The first-order valence-electron chi connectivity index (χ1n) is 8.97. The van der Waals surface area contributed by atoms with Crippen molar-refractivity contribution in [2.75, 3.05) is 20.1 Å². The van der Waals surface area contributed by atoms with Crippen molar-refractivity contribution in [2.45, 2.75) is 19.6 Å². The van der Waals surface area contributed by atoms with Crippen molar-refractivity contribution >= 4 is 5.96 Å². The number of aliphatic imine (C=N–C) groups is 1. The SMILES string of the molecule is CCNC(=NCC(O)c1ccco1)N(C)Cc1ncc(-c2ccccc2)[nH]1. The van der Waals surface area contributed by atoms with Gasteiger partial charge in [0.2, 0.25) is 0 Å². The zero-order valence-corrected chi connectivity index (χ0v) is 15.6. The van der Waals surface area contributed by atoms with Gasteiger partial charge in [-0.15, -0.1) is 0 Å². The summed E-state index contributed by atoms with van der Waals surface area (Å²) in [7, 11) is 1.94. The molecule has 1 aromatic carbocycles. The van der Waals surface area contributed by atoms with Gasteiger partial charge < -0.3 is 24.7 Å². The molecule has 7 heteroatoms. The van der Waals surface area contributed by atoms with E-state index >= 15 is 0 Å². The molecule has 0 aliphatic carbocycles. The maximum absolute atomic E-state index is 10.2. The fourth-order valence-corrected chi connectivity index (χ4v) is 2.72. The standard InChI is InChI=1S/C20H25N5O2/c1-3-21-20(23-13-17(26)18-10-7-11-27-18)25(2)14-19-22-12-16(24-19)15-8-5-4-6-9-15/h4-12,17,26H,3,13-14H2,1-2H3,(H,21,23)(H,22,24). The number of aliphatic hydroxyl groups excluding tert-OH is 1. The van der Waals surface area contributed by atoms with E-state index in [2.05, 4.69) is 20.3 Å². The lowest BCUT2D eigenvalue weighted by Gasteiger charge is -2.21. The summed E-state index contributed by atoms with van der Waals surface area (Å²) in [5.41, 5.74) is 2.08. The second kappa shape index (κ2) is 9.05. The van der Waals surface area contributed by atoms with Crippen LogP contribution in [0.25, 0.3) is 11.3 Å². The van der Waals surface area contributed by atoms with Crippen LogP contribution in [0.4, 0.5) is 0 Å². The number of rotatable bonds is 7. The first kappa shape index (κ1) is 18.7. The third kappa shape index (κ3) is 4.98. The molecule has 0 amide bonds. The summed E-state index contributed by atoms with van der Waals surface area (Å²) in [6.45, 7) is 3.52. The Kier molecular flexibility index (Phi) is 6.27. The van der Waals surface area contributed by atoms with Gasteiger partial charge in [-0.05, 0) is 24.6 Å². The summed E-state index contributed by atoms with van der Waals surface area (Å²) in [5, 5.41) is 13.4. The van der Waals surface area contributed by atoms with Crippen LogP contribution in [0.5, 0.6) is 0 Å². The lowest BCUT2D eigenvalue weighted by Crippen LogP contribution is -2.39. The van der Waals surface area contributed by atoms with Crippen LogP contribution in [-0.4, -0.2) is 46.1 Å². The van der Waals surface area contributed by atoms with Gasteiger partial charge >= 0.3 is 0 Å². The summed E-state index contributed by atoms with van der Waals surface area (Å²) in [6, 6.07) is 13.6. The molecule has 0 saturated heterocycles. The third-order valence-corrected chi connectivity index (χ3v) is 4.08. The highest BCUT2D eigenvalue weighted by Gasteiger charge is 2.13. The summed E-state index contributed by atoms with van der Waals surface area (Å²) in [4.78, 5) is 14.3. The molecular formula is C20H25N5O2. The minimum absolute atomic E-state index is 0.216. The monoisotopic (exact) mass is 367 g/mol. The Hall–Kier alpha value is -3.06. The van der Waals surface area contributed by atoms with Crippen LogP contribution in [0.3, 0.4) is 0 Å². The first-order chi connectivity index (χ1) is 13.2. The van der Waals surface area contributed by atoms with Gasteiger partial charge in [0.15, 0.2) is 5.96 Å². The van der Waals surface area contributed by atoms with E-state index in [0.717, 1.165) is 23.6 Å². The molecule has 1 unspecified atom stereocenters. The largest absolute Gasteiger partial charge is 0.467 e. The van der Waals surface area contributed by atoms with Gasteiger partial charge in [0, 0.05) is 13.6 Å². The van der Waals surface area contributed by atoms with E-state index in [1.54, 1.807) is 18.4 Å². The van der Waals surface area contributed by atoms with Crippen molar-refractivity contribution in [3.8, 4) is 11.3 Å². The summed E-state index contributed by atoms with van der Waals surface area (Å²) < 4.78 is 5.22. The zero-order valence-electron chi connectivity index (χ0n) is 15.6. The highest BCUT2D eigenvalue weighted by atomic mass is 16.4. The number of benzene rings is 1. The van der Waals surface area contributed by atoms with E-state index in [0.29, 0.717) is 18.3 Å². The molecule has 0 radical (unpaired) electrons. The molecule has 0 saturated carbocycles. The lowest BCUT2D eigenvalue weighted by molar-refractivity contribution is 0.158. The first-order valence-corrected chi connectivity index (χ1v) is 8.97. The molecule has 27 heavy (non-hydrogen) atoms. The van der Waals surface area contributed by atoms with Crippen LogP contribution in [-0.2, 0) is 6.54 Å². The van der Waals surface area contributed by atoms with E-state index in [1.165, 1.54) is 0 Å². The van der Waals surface area contributed by atoms with E-state index in [9.17, 15) is 5.11 Å². The second-order valence-electron chi connectivity index (χ2n) is 6.19. The van der Waals surface area contributed by atoms with E-state index < -0.39 is 6.10 Å². The van der Waals surface area contributed by atoms with E-state index in [4.69, 9.17) is 4.42 Å². The Bertz CT molecular complexity index is 842. The quantitative estimate of drug-likeness (QED) is 0.441. The van der Waals surface area contributed by atoms with Crippen LogP contribution in [0.15, 0.2) is 64.3 Å². The molecule has 2 aromatic heterocycles.